The van der Waals surface area contributed by atoms with Crippen molar-refractivity contribution in [1.82, 2.24) is 0 Å². The van der Waals surface area contributed by atoms with E-state index in [0.29, 0.717) is 18.2 Å². The molecule has 0 bridgehead atoms. The molecule has 1 atom stereocenters. The Morgan fingerprint density at radius 1 is 1.15 bits per heavy atom. The van der Waals surface area contributed by atoms with Crippen LogP contribution in [0.15, 0.2) is 24.3 Å². The smallest absolute Gasteiger partial charge is 0.389 e. The molecule has 1 rings (SSSR count). The highest BCUT2D eigenvalue weighted by Crippen LogP contribution is 2.29. The molecule has 0 heterocycles. The Morgan fingerprint density at radius 2 is 1.75 bits per heavy atom. The molecule has 0 aliphatic heterocycles. The first kappa shape index (κ1) is 16.8. The van der Waals surface area contributed by atoms with Crippen molar-refractivity contribution in [1.29, 1.82) is 0 Å². The van der Waals surface area contributed by atoms with Crippen LogP contribution < -0.4 is 5.32 Å². The fraction of sp³-hybridized carbons (Fsp3) is 0.571. The van der Waals surface area contributed by atoms with Gasteiger partial charge in [0, 0.05) is 18.8 Å². The number of aliphatic hydroxyl groups is 1. The SMILES string of the molecule is CC(C)COCC(O)CNc1ccc(C(F)(F)F)cc1. The normalized spacial score (nSPS) is 13.6. The van der Waals surface area contributed by atoms with Crippen molar-refractivity contribution in [3.8, 4) is 0 Å². The lowest BCUT2D eigenvalue weighted by molar-refractivity contribution is -0.137. The lowest BCUT2D eigenvalue weighted by Crippen LogP contribution is -2.25. The highest BCUT2D eigenvalue weighted by Gasteiger charge is 2.29. The minimum Gasteiger partial charge on any atom is -0.389 e. The lowest BCUT2D eigenvalue weighted by Gasteiger charge is -2.14. The molecule has 0 radical (unpaired) electrons. The van der Waals surface area contributed by atoms with Gasteiger partial charge in [0.1, 0.15) is 0 Å². The number of hydrogen-bond donors (Lipinski definition) is 2. The Balaban J connectivity index is 2.34. The van der Waals surface area contributed by atoms with Gasteiger partial charge in [-0.05, 0) is 30.2 Å². The predicted octanol–water partition coefficient (Wildman–Crippen LogP) is 3.15. The summed E-state index contributed by atoms with van der Waals surface area (Å²) in [6.45, 7) is 5.01. The molecule has 1 aromatic carbocycles. The third kappa shape index (κ3) is 6.25. The molecule has 3 nitrogen and oxygen atoms in total. The van der Waals surface area contributed by atoms with Crippen molar-refractivity contribution >= 4 is 5.69 Å². The molecule has 0 saturated carbocycles. The largest absolute Gasteiger partial charge is 0.416 e. The van der Waals surface area contributed by atoms with Gasteiger partial charge < -0.3 is 15.2 Å². The Bertz CT molecular complexity index is 390. The van der Waals surface area contributed by atoms with Gasteiger partial charge in [-0.25, -0.2) is 0 Å². The second-order valence-corrected chi connectivity index (χ2v) is 5.04. The molecule has 0 spiro atoms. The monoisotopic (exact) mass is 291 g/mol. The van der Waals surface area contributed by atoms with E-state index in [1.165, 1.54) is 12.1 Å². The zero-order chi connectivity index (χ0) is 15.2. The molecule has 0 aromatic heterocycles. The number of hydrogen-bond acceptors (Lipinski definition) is 3. The molecule has 0 saturated heterocycles. The molecule has 1 aromatic rings. The van der Waals surface area contributed by atoms with Crippen molar-refractivity contribution in [3.05, 3.63) is 29.8 Å². The van der Waals surface area contributed by atoms with E-state index in [1.807, 2.05) is 13.8 Å². The number of alkyl halides is 3. The van der Waals surface area contributed by atoms with Crippen LogP contribution in [0.1, 0.15) is 19.4 Å². The number of rotatable bonds is 7. The van der Waals surface area contributed by atoms with E-state index in [9.17, 15) is 18.3 Å². The minimum absolute atomic E-state index is 0.200. The quantitative estimate of drug-likeness (QED) is 0.811. The van der Waals surface area contributed by atoms with Crippen LogP contribution in [0.3, 0.4) is 0 Å². The van der Waals surface area contributed by atoms with E-state index in [-0.39, 0.29) is 13.2 Å². The predicted molar refractivity (Wildman–Crippen MR) is 71.6 cm³/mol. The maximum absolute atomic E-state index is 12.4. The molecule has 2 N–H and O–H groups in total. The van der Waals surface area contributed by atoms with Crippen LogP contribution in [0, 0.1) is 5.92 Å². The van der Waals surface area contributed by atoms with E-state index < -0.39 is 17.8 Å². The first-order chi connectivity index (χ1) is 9.29. The van der Waals surface area contributed by atoms with E-state index in [0.717, 1.165) is 12.1 Å². The zero-order valence-electron chi connectivity index (χ0n) is 11.6. The van der Waals surface area contributed by atoms with E-state index in [4.69, 9.17) is 4.74 Å². The Labute approximate surface area is 116 Å². The maximum Gasteiger partial charge on any atom is 0.416 e. The van der Waals surface area contributed by atoms with Crippen LogP contribution >= 0.6 is 0 Å². The highest BCUT2D eigenvalue weighted by molar-refractivity contribution is 5.45. The van der Waals surface area contributed by atoms with Gasteiger partial charge in [0.2, 0.25) is 0 Å². The van der Waals surface area contributed by atoms with Crippen LogP contribution in [-0.4, -0.2) is 31.0 Å². The van der Waals surface area contributed by atoms with Gasteiger partial charge in [0.25, 0.3) is 0 Å². The van der Waals surface area contributed by atoms with E-state index in [1.54, 1.807) is 0 Å². The second kappa shape index (κ2) is 7.50. The summed E-state index contributed by atoms with van der Waals surface area (Å²) in [5.41, 5.74) is -0.162. The number of nitrogens with one attached hydrogen (secondary N) is 1. The maximum atomic E-state index is 12.4. The fourth-order valence-electron chi connectivity index (χ4n) is 1.51. The summed E-state index contributed by atoms with van der Waals surface area (Å²) in [7, 11) is 0. The fourth-order valence-corrected chi connectivity index (χ4v) is 1.51. The molecule has 6 heteroatoms. The minimum atomic E-state index is -4.33. The Morgan fingerprint density at radius 3 is 2.25 bits per heavy atom. The topological polar surface area (TPSA) is 41.5 Å². The van der Waals surface area contributed by atoms with Crippen LogP contribution in [0.25, 0.3) is 0 Å². The molecule has 0 aliphatic carbocycles. The van der Waals surface area contributed by atoms with Gasteiger partial charge >= 0.3 is 6.18 Å². The number of anilines is 1. The number of benzene rings is 1. The van der Waals surface area contributed by atoms with Crippen LogP contribution in [0.2, 0.25) is 0 Å². The standard InChI is InChI=1S/C14H20F3NO2/c1-10(2)8-20-9-13(19)7-18-12-5-3-11(4-6-12)14(15,16)17/h3-6,10,13,18-19H,7-9H2,1-2H3. The summed E-state index contributed by atoms with van der Waals surface area (Å²) in [6, 6.07) is 4.68. The average Bonchev–Trinajstić information content (AvgIpc) is 2.35. The molecule has 0 fully saturated rings. The molecule has 0 amide bonds. The Hall–Kier alpha value is -1.27. The lowest BCUT2D eigenvalue weighted by atomic mass is 10.2. The molecule has 1 unspecified atom stereocenters. The van der Waals surface area contributed by atoms with Crippen LogP contribution in [-0.2, 0) is 10.9 Å². The van der Waals surface area contributed by atoms with Crippen molar-refractivity contribution in [2.45, 2.75) is 26.1 Å². The molecule has 20 heavy (non-hydrogen) atoms. The summed E-state index contributed by atoms with van der Waals surface area (Å²) in [6.07, 6.45) is -5.03. The number of aliphatic hydroxyl groups excluding tert-OH is 1. The first-order valence-corrected chi connectivity index (χ1v) is 6.46. The molecule has 114 valence electrons. The molecular formula is C14H20F3NO2. The van der Waals surface area contributed by atoms with Gasteiger partial charge in [0.15, 0.2) is 0 Å². The highest BCUT2D eigenvalue weighted by atomic mass is 19.4. The van der Waals surface area contributed by atoms with E-state index >= 15 is 0 Å². The summed E-state index contributed by atoms with van der Waals surface area (Å²) in [4.78, 5) is 0. The van der Waals surface area contributed by atoms with Crippen molar-refractivity contribution in [2.24, 2.45) is 5.92 Å². The van der Waals surface area contributed by atoms with Crippen molar-refractivity contribution < 1.29 is 23.0 Å². The summed E-state index contributed by atoms with van der Waals surface area (Å²) in [5.74, 6) is 0.394. The molecule has 0 aliphatic rings. The Kier molecular flexibility index (Phi) is 6.29. The van der Waals surface area contributed by atoms with Crippen LogP contribution in [0.5, 0.6) is 0 Å². The molecular weight excluding hydrogens is 271 g/mol. The average molecular weight is 291 g/mol. The third-order valence-corrected chi connectivity index (χ3v) is 2.52. The van der Waals surface area contributed by atoms with Crippen molar-refractivity contribution in [3.63, 3.8) is 0 Å². The van der Waals surface area contributed by atoms with Crippen LogP contribution in [0.4, 0.5) is 18.9 Å². The van der Waals surface area contributed by atoms with Gasteiger partial charge in [-0.2, -0.15) is 13.2 Å². The van der Waals surface area contributed by atoms with Gasteiger partial charge in [-0.3, -0.25) is 0 Å². The number of halogens is 3. The zero-order valence-corrected chi connectivity index (χ0v) is 11.6. The van der Waals surface area contributed by atoms with Gasteiger partial charge in [-0.1, -0.05) is 13.8 Å². The first-order valence-electron chi connectivity index (χ1n) is 6.46. The van der Waals surface area contributed by atoms with Gasteiger partial charge in [0.05, 0.1) is 18.3 Å². The van der Waals surface area contributed by atoms with E-state index in [2.05, 4.69) is 5.32 Å². The third-order valence-electron chi connectivity index (χ3n) is 2.52. The van der Waals surface area contributed by atoms with Gasteiger partial charge in [-0.15, -0.1) is 0 Å². The second-order valence-electron chi connectivity index (χ2n) is 5.04. The number of ether oxygens (including phenoxy) is 1. The summed E-state index contributed by atoms with van der Waals surface area (Å²) >= 11 is 0. The summed E-state index contributed by atoms with van der Waals surface area (Å²) in [5, 5.41) is 12.5. The van der Waals surface area contributed by atoms with Crippen molar-refractivity contribution in [2.75, 3.05) is 25.1 Å². The summed E-state index contributed by atoms with van der Waals surface area (Å²) < 4.78 is 42.4.